The van der Waals surface area contributed by atoms with Crippen LogP contribution in [0.5, 0.6) is 23.0 Å². The van der Waals surface area contributed by atoms with Gasteiger partial charge in [0.15, 0.2) is 11.5 Å². The van der Waals surface area contributed by atoms with Gasteiger partial charge in [-0.15, -0.1) is 0 Å². The lowest BCUT2D eigenvalue weighted by Gasteiger charge is -2.40. The first kappa shape index (κ1) is 25.8. The molecule has 0 unspecified atom stereocenters. The average Bonchev–Trinajstić information content (AvgIpc) is 3.44. The number of para-hydroxylation sites is 4. The highest BCUT2D eigenvalue weighted by molar-refractivity contribution is 6.03. The summed E-state index contributed by atoms with van der Waals surface area (Å²) in [6.45, 7) is 0. The molecule has 0 bridgehead atoms. The van der Waals surface area contributed by atoms with Gasteiger partial charge in [-0.05, 0) is 57.8 Å². The highest BCUT2D eigenvalue weighted by Gasteiger charge is 2.52. The smallest absolute Gasteiger partial charge is 0.151 e. The lowest BCUT2D eigenvalue weighted by molar-refractivity contribution is 0.447. The summed E-state index contributed by atoms with van der Waals surface area (Å²) >= 11 is 0. The van der Waals surface area contributed by atoms with Crippen molar-refractivity contribution < 1.29 is 9.47 Å². The normalized spacial score (nSPS) is 14.3. The number of anilines is 3. The molecule has 48 heavy (non-hydrogen) atoms. The van der Waals surface area contributed by atoms with Crippen molar-refractivity contribution in [2.24, 2.45) is 0 Å². The quantitative estimate of drug-likeness (QED) is 0.184. The molecule has 224 valence electrons. The van der Waals surface area contributed by atoms with Crippen LogP contribution in [-0.2, 0) is 5.41 Å². The van der Waals surface area contributed by atoms with Crippen molar-refractivity contribution in [3.63, 3.8) is 0 Å². The molecular formula is C45H27NO2. The fraction of sp³-hybridized carbons (Fsp3) is 0.0222. The number of hydrogen-bond acceptors (Lipinski definition) is 3. The van der Waals surface area contributed by atoms with Crippen LogP contribution in [0.1, 0.15) is 22.3 Å². The summed E-state index contributed by atoms with van der Waals surface area (Å²) in [7, 11) is 0. The van der Waals surface area contributed by atoms with E-state index in [9.17, 15) is 0 Å². The zero-order valence-electron chi connectivity index (χ0n) is 25.9. The summed E-state index contributed by atoms with van der Waals surface area (Å²) in [4.78, 5) is 2.38. The highest BCUT2D eigenvalue weighted by Crippen LogP contribution is 2.66. The largest absolute Gasteiger partial charge is 0.455 e. The molecule has 1 aliphatic carbocycles. The minimum atomic E-state index is -0.607. The third-order valence-electron chi connectivity index (χ3n) is 10.5. The van der Waals surface area contributed by atoms with Crippen molar-refractivity contribution >= 4 is 38.6 Å². The number of benzene rings is 8. The van der Waals surface area contributed by atoms with Gasteiger partial charge in [-0.3, -0.25) is 0 Å². The van der Waals surface area contributed by atoms with E-state index in [0.29, 0.717) is 0 Å². The lowest BCUT2D eigenvalue weighted by Crippen LogP contribution is -2.32. The summed E-state index contributed by atoms with van der Waals surface area (Å²) in [5, 5.41) is 4.56. The SMILES string of the molecule is c1ccc2c(c1)Oc1ccccc1N2c1cccc2c1-c1ccccc1C21c2ccc3ccccc3c2Oc2c1ccc1ccccc21. The second-order valence-corrected chi connectivity index (χ2v) is 12.8. The number of fused-ring (bicyclic) bond motifs is 15. The van der Waals surface area contributed by atoms with Crippen LogP contribution in [0.15, 0.2) is 164 Å². The van der Waals surface area contributed by atoms with Crippen LogP contribution in [-0.4, -0.2) is 0 Å². The Morgan fingerprint density at radius 1 is 0.375 bits per heavy atom. The fourth-order valence-electron chi connectivity index (χ4n) is 8.58. The molecule has 0 aromatic heterocycles. The van der Waals surface area contributed by atoms with Gasteiger partial charge < -0.3 is 14.4 Å². The molecule has 0 atom stereocenters. The number of ether oxygens (including phenoxy) is 2. The minimum Gasteiger partial charge on any atom is -0.455 e. The Morgan fingerprint density at radius 3 is 1.56 bits per heavy atom. The second-order valence-electron chi connectivity index (χ2n) is 12.8. The van der Waals surface area contributed by atoms with Crippen molar-refractivity contribution in [1.29, 1.82) is 0 Å². The molecule has 0 N–H and O–H groups in total. The van der Waals surface area contributed by atoms with Gasteiger partial charge in [-0.1, -0.05) is 133 Å². The molecule has 2 aliphatic heterocycles. The van der Waals surface area contributed by atoms with Crippen LogP contribution in [0.4, 0.5) is 17.1 Å². The van der Waals surface area contributed by atoms with Gasteiger partial charge in [-0.2, -0.15) is 0 Å². The maximum atomic E-state index is 7.13. The molecule has 8 aromatic carbocycles. The van der Waals surface area contributed by atoms with E-state index >= 15 is 0 Å². The molecule has 3 nitrogen and oxygen atoms in total. The maximum Gasteiger partial charge on any atom is 0.151 e. The van der Waals surface area contributed by atoms with E-state index in [2.05, 4.69) is 157 Å². The van der Waals surface area contributed by atoms with Gasteiger partial charge in [0.1, 0.15) is 11.5 Å². The van der Waals surface area contributed by atoms with Crippen LogP contribution in [0.25, 0.3) is 32.7 Å². The standard InChI is InChI=1S/C45H27NO2/c1-3-14-30-28(12-1)24-26-35-43(30)48-44-31-15-4-2-13-29(31)25-27-36(44)45(35)33-17-6-5-16-32(33)42-34(45)18-11-21-39(42)46-37-19-7-9-22-40(37)47-41-23-10-8-20-38(41)46/h1-27H. The van der Waals surface area contributed by atoms with Crippen molar-refractivity contribution in [3.8, 4) is 34.1 Å². The van der Waals surface area contributed by atoms with E-state index in [0.717, 1.165) is 72.7 Å². The molecule has 1 spiro atoms. The molecule has 2 heterocycles. The second kappa shape index (κ2) is 9.37. The number of hydrogen-bond donors (Lipinski definition) is 0. The van der Waals surface area contributed by atoms with Crippen molar-refractivity contribution in [3.05, 3.63) is 186 Å². The van der Waals surface area contributed by atoms with Crippen LogP contribution >= 0.6 is 0 Å². The van der Waals surface area contributed by atoms with E-state index in [4.69, 9.17) is 9.47 Å². The van der Waals surface area contributed by atoms with Gasteiger partial charge in [0.05, 0.1) is 22.5 Å². The van der Waals surface area contributed by atoms with Crippen LogP contribution < -0.4 is 14.4 Å². The van der Waals surface area contributed by atoms with Gasteiger partial charge in [0.2, 0.25) is 0 Å². The first-order valence-electron chi connectivity index (χ1n) is 16.4. The molecule has 0 saturated carbocycles. The van der Waals surface area contributed by atoms with E-state index in [-0.39, 0.29) is 0 Å². The molecule has 0 amide bonds. The molecule has 3 heteroatoms. The molecule has 0 saturated heterocycles. The Labute approximate surface area is 277 Å². The summed E-state index contributed by atoms with van der Waals surface area (Å²) < 4.78 is 13.6. The van der Waals surface area contributed by atoms with E-state index in [1.165, 1.54) is 22.3 Å². The lowest BCUT2D eigenvalue weighted by atomic mass is 9.65. The van der Waals surface area contributed by atoms with Gasteiger partial charge in [-0.25, -0.2) is 0 Å². The highest BCUT2D eigenvalue weighted by atomic mass is 16.5. The molecule has 0 radical (unpaired) electrons. The Bertz CT molecular complexity index is 2520. The van der Waals surface area contributed by atoms with E-state index in [1.807, 2.05) is 12.1 Å². The maximum absolute atomic E-state index is 7.13. The van der Waals surface area contributed by atoms with Crippen molar-refractivity contribution in [2.45, 2.75) is 5.41 Å². The van der Waals surface area contributed by atoms with Crippen molar-refractivity contribution in [2.75, 3.05) is 4.90 Å². The average molecular weight is 614 g/mol. The Morgan fingerprint density at radius 2 is 0.896 bits per heavy atom. The third-order valence-corrected chi connectivity index (χ3v) is 10.5. The van der Waals surface area contributed by atoms with Gasteiger partial charge in [0, 0.05) is 27.5 Å². The molecular weight excluding hydrogens is 587 g/mol. The van der Waals surface area contributed by atoms with Crippen LogP contribution in [0.2, 0.25) is 0 Å². The van der Waals surface area contributed by atoms with E-state index in [1.54, 1.807) is 0 Å². The summed E-state index contributed by atoms with van der Waals surface area (Å²) in [5.41, 5.74) is 9.84. The zero-order chi connectivity index (χ0) is 31.4. The predicted octanol–water partition coefficient (Wildman–Crippen LogP) is 12.0. The minimum absolute atomic E-state index is 0.607. The van der Waals surface area contributed by atoms with Crippen molar-refractivity contribution in [1.82, 2.24) is 0 Å². The zero-order valence-corrected chi connectivity index (χ0v) is 25.9. The fourth-order valence-corrected chi connectivity index (χ4v) is 8.58. The van der Waals surface area contributed by atoms with Gasteiger partial charge in [0.25, 0.3) is 0 Å². The third kappa shape index (κ3) is 3.18. The predicted molar refractivity (Wildman–Crippen MR) is 194 cm³/mol. The first-order chi connectivity index (χ1) is 23.8. The number of rotatable bonds is 1. The molecule has 3 aliphatic rings. The van der Waals surface area contributed by atoms with E-state index < -0.39 is 5.41 Å². The summed E-state index contributed by atoms with van der Waals surface area (Å²) in [5.74, 6) is 3.53. The molecule has 11 rings (SSSR count). The van der Waals surface area contributed by atoms with Crippen LogP contribution in [0.3, 0.4) is 0 Å². The summed E-state index contributed by atoms with van der Waals surface area (Å²) in [6, 6.07) is 58.7. The van der Waals surface area contributed by atoms with Gasteiger partial charge >= 0.3 is 0 Å². The summed E-state index contributed by atoms with van der Waals surface area (Å²) in [6.07, 6.45) is 0. The first-order valence-corrected chi connectivity index (χ1v) is 16.4. The Kier molecular flexibility index (Phi) is 5.04. The topological polar surface area (TPSA) is 21.7 Å². The Balaban J connectivity index is 1.30. The van der Waals surface area contributed by atoms with Crippen LogP contribution in [0, 0.1) is 0 Å². The Hall–Kier alpha value is -6.32. The monoisotopic (exact) mass is 613 g/mol. The number of nitrogens with zero attached hydrogens (tertiary/aromatic N) is 1. The molecule has 0 fully saturated rings. The molecule has 8 aromatic rings.